The number of carbonyl (C=O) groups is 3. The van der Waals surface area contributed by atoms with E-state index < -0.39 is 17.4 Å². The number of aliphatic carboxylic acids is 1. The molecule has 0 unspecified atom stereocenters. The number of benzene rings is 1. The smallest absolute Gasteiger partial charge is 0.329 e. The van der Waals surface area contributed by atoms with Gasteiger partial charge in [0.05, 0.1) is 0 Å². The molecule has 0 bridgehead atoms. The van der Waals surface area contributed by atoms with Crippen molar-refractivity contribution in [3.05, 3.63) is 35.4 Å². The fraction of sp³-hybridized carbons (Fsp3) is 0.471. The average Bonchev–Trinajstić information content (AvgIpc) is 2.74. The minimum absolute atomic E-state index is 0.0715. The number of rotatable bonds is 4. The summed E-state index contributed by atoms with van der Waals surface area (Å²) in [6.07, 6.45) is 4.52. The lowest BCUT2D eigenvalue weighted by Crippen LogP contribution is -2.54. The second-order valence-electron chi connectivity index (χ2n) is 5.89. The van der Waals surface area contributed by atoms with Crippen molar-refractivity contribution in [1.29, 1.82) is 0 Å². The molecule has 2 rings (SSSR count). The molecule has 0 heterocycles. The Labute approximate surface area is 129 Å². The fourth-order valence-electron chi connectivity index (χ4n) is 2.87. The van der Waals surface area contributed by atoms with E-state index in [1.165, 1.54) is 6.92 Å². The van der Waals surface area contributed by atoms with E-state index in [2.05, 4.69) is 5.32 Å². The second kappa shape index (κ2) is 6.73. The van der Waals surface area contributed by atoms with Crippen LogP contribution in [0.1, 0.15) is 66.2 Å². The van der Waals surface area contributed by atoms with Crippen molar-refractivity contribution in [1.82, 2.24) is 5.32 Å². The number of nitrogens with one attached hydrogen (secondary N) is 1. The highest BCUT2D eigenvalue weighted by molar-refractivity contribution is 5.99. The largest absolute Gasteiger partial charge is 0.480 e. The van der Waals surface area contributed by atoms with Gasteiger partial charge in [-0.1, -0.05) is 37.8 Å². The van der Waals surface area contributed by atoms with Crippen LogP contribution in [0, 0.1) is 0 Å². The fourth-order valence-corrected chi connectivity index (χ4v) is 2.87. The molecule has 1 fully saturated rings. The summed E-state index contributed by atoms with van der Waals surface area (Å²) in [4.78, 5) is 35.3. The summed E-state index contributed by atoms with van der Waals surface area (Å²) in [5.41, 5.74) is -0.277. The number of carbonyl (C=O) groups excluding carboxylic acids is 2. The van der Waals surface area contributed by atoms with Crippen LogP contribution in [0.4, 0.5) is 0 Å². The third-order valence-electron chi connectivity index (χ3n) is 4.27. The first-order valence-corrected chi connectivity index (χ1v) is 7.61. The van der Waals surface area contributed by atoms with E-state index in [0.29, 0.717) is 24.0 Å². The van der Waals surface area contributed by atoms with E-state index >= 15 is 0 Å². The Bertz CT molecular complexity index is 569. The van der Waals surface area contributed by atoms with Gasteiger partial charge < -0.3 is 10.4 Å². The Hall–Kier alpha value is -2.17. The molecule has 118 valence electrons. The van der Waals surface area contributed by atoms with Gasteiger partial charge in [0.2, 0.25) is 0 Å². The van der Waals surface area contributed by atoms with Crippen LogP contribution in [-0.2, 0) is 4.79 Å². The van der Waals surface area contributed by atoms with Gasteiger partial charge in [0.1, 0.15) is 5.54 Å². The highest BCUT2D eigenvalue weighted by Crippen LogP contribution is 2.28. The first-order chi connectivity index (χ1) is 10.4. The van der Waals surface area contributed by atoms with Crippen LogP contribution < -0.4 is 5.32 Å². The number of hydrogen-bond acceptors (Lipinski definition) is 3. The van der Waals surface area contributed by atoms with Crippen LogP contribution in [0.3, 0.4) is 0 Å². The summed E-state index contributed by atoms with van der Waals surface area (Å²) >= 11 is 0. The minimum Gasteiger partial charge on any atom is -0.480 e. The molecule has 0 radical (unpaired) electrons. The molecule has 2 N–H and O–H groups in total. The minimum atomic E-state index is -1.17. The Morgan fingerprint density at radius 1 is 0.955 bits per heavy atom. The lowest BCUT2D eigenvalue weighted by atomic mass is 9.89. The summed E-state index contributed by atoms with van der Waals surface area (Å²) in [6, 6.07) is 6.27. The van der Waals surface area contributed by atoms with Gasteiger partial charge in [0.25, 0.3) is 5.91 Å². The summed E-state index contributed by atoms with van der Waals surface area (Å²) in [5.74, 6) is -1.44. The van der Waals surface area contributed by atoms with Crippen molar-refractivity contribution in [2.45, 2.75) is 51.0 Å². The average molecular weight is 303 g/mol. The van der Waals surface area contributed by atoms with Crippen LogP contribution in [0.5, 0.6) is 0 Å². The van der Waals surface area contributed by atoms with Crippen LogP contribution in [0.2, 0.25) is 0 Å². The quantitative estimate of drug-likeness (QED) is 0.662. The molecule has 1 saturated carbocycles. The summed E-state index contributed by atoms with van der Waals surface area (Å²) in [5, 5.41) is 12.3. The molecule has 5 heteroatoms. The molecule has 0 aromatic heterocycles. The Morgan fingerprint density at radius 2 is 1.45 bits per heavy atom. The third kappa shape index (κ3) is 3.53. The van der Waals surface area contributed by atoms with Gasteiger partial charge >= 0.3 is 5.97 Å². The molecule has 22 heavy (non-hydrogen) atoms. The van der Waals surface area contributed by atoms with E-state index in [1.807, 2.05) is 0 Å². The van der Waals surface area contributed by atoms with Gasteiger partial charge in [-0.05, 0) is 31.9 Å². The van der Waals surface area contributed by atoms with Crippen LogP contribution in [0.25, 0.3) is 0 Å². The van der Waals surface area contributed by atoms with E-state index in [0.717, 1.165) is 25.7 Å². The first kappa shape index (κ1) is 16.2. The SMILES string of the molecule is CC(=O)c1ccc(C(=O)NC2(C(=O)O)CCCCCC2)cc1. The monoisotopic (exact) mass is 303 g/mol. The number of Topliss-reactive ketones (excluding diaryl/α,β-unsaturated/α-hetero) is 1. The molecule has 1 aromatic rings. The zero-order chi connectivity index (χ0) is 16.2. The van der Waals surface area contributed by atoms with Crippen LogP contribution >= 0.6 is 0 Å². The molecule has 1 aliphatic rings. The molecule has 0 saturated heterocycles. The van der Waals surface area contributed by atoms with Gasteiger partial charge in [-0.2, -0.15) is 0 Å². The Balaban J connectivity index is 2.17. The van der Waals surface area contributed by atoms with Crippen molar-refractivity contribution < 1.29 is 19.5 Å². The summed E-state index contributed by atoms with van der Waals surface area (Å²) < 4.78 is 0. The zero-order valence-electron chi connectivity index (χ0n) is 12.7. The maximum atomic E-state index is 12.4. The van der Waals surface area contributed by atoms with E-state index in [-0.39, 0.29) is 5.78 Å². The molecule has 5 nitrogen and oxygen atoms in total. The zero-order valence-corrected chi connectivity index (χ0v) is 12.7. The Kier molecular flexibility index (Phi) is 4.96. The number of hydrogen-bond donors (Lipinski definition) is 2. The lowest BCUT2D eigenvalue weighted by Gasteiger charge is -2.29. The van der Waals surface area contributed by atoms with E-state index in [1.54, 1.807) is 24.3 Å². The summed E-state index contributed by atoms with van der Waals surface area (Å²) in [6.45, 7) is 1.46. The van der Waals surface area contributed by atoms with Gasteiger partial charge in [0, 0.05) is 11.1 Å². The molecule has 0 aliphatic heterocycles. The maximum absolute atomic E-state index is 12.4. The second-order valence-corrected chi connectivity index (χ2v) is 5.89. The van der Waals surface area contributed by atoms with Crippen molar-refractivity contribution in [2.24, 2.45) is 0 Å². The normalized spacial score (nSPS) is 17.3. The standard InChI is InChI=1S/C17H21NO4/c1-12(19)13-6-8-14(9-7-13)15(20)18-17(16(21)22)10-4-2-3-5-11-17/h6-9H,2-5,10-11H2,1H3,(H,18,20)(H,21,22). The number of amides is 1. The van der Waals surface area contributed by atoms with Crippen molar-refractivity contribution in [2.75, 3.05) is 0 Å². The number of carboxylic acids is 1. The van der Waals surface area contributed by atoms with Crippen LogP contribution in [0.15, 0.2) is 24.3 Å². The third-order valence-corrected chi connectivity index (χ3v) is 4.27. The summed E-state index contributed by atoms with van der Waals surface area (Å²) in [7, 11) is 0. The number of carboxylic acid groups (broad SMARTS) is 1. The van der Waals surface area contributed by atoms with Gasteiger partial charge in [0.15, 0.2) is 5.78 Å². The van der Waals surface area contributed by atoms with Gasteiger partial charge in [-0.15, -0.1) is 0 Å². The lowest BCUT2D eigenvalue weighted by molar-refractivity contribution is -0.145. The van der Waals surface area contributed by atoms with Crippen molar-refractivity contribution >= 4 is 17.7 Å². The molecule has 0 spiro atoms. The van der Waals surface area contributed by atoms with E-state index in [4.69, 9.17) is 0 Å². The first-order valence-electron chi connectivity index (χ1n) is 7.61. The van der Waals surface area contributed by atoms with Gasteiger partial charge in [-0.3, -0.25) is 9.59 Å². The molecular formula is C17H21NO4. The molecule has 1 aromatic carbocycles. The van der Waals surface area contributed by atoms with Crippen molar-refractivity contribution in [3.8, 4) is 0 Å². The van der Waals surface area contributed by atoms with Gasteiger partial charge in [-0.25, -0.2) is 4.79 Å². The Morgan fingerprint density at radius 3 is 1.91 bits per heavy atom. The van der Waals surface area contributed by atoms with E-state index in [9.17, 15) is 19.5 Å². The predicted molar refractivity (Wildman–Crippen MR) is 82.0 cm³/mol. The molecule has 0 atom stereocenters. The van der Waals surface area contributed by atoms with Crippen molar-refractivity contribution in [3.63, 3.8) is 0 Å². The predicted octanol–water partition coefficient (Wildman–Crippen LogP) is 2.80. The molecule has 1 aliphatic carbocycles. The highest BCUT2D eigenvalue weighted by atomic mass is 16.4. The number of ketones is 1. The topological polar surface area (TPSA) is 83.5 Å². The highest BCUT2D eigenvalue weighted by Gasteiger charge is 2.40. The maximum Gasteiger partial charge on any atom is 0.329 e. The van der Waals surface area contributed by atoms with Crippen LogP contribution in [-0.4, -0.2) is 28.3 Å². The molecule has 1 amide bonds. The molecular weight excluding hydrogens is 282 g/mol.